The van der Waals surface area contributed by atoms with E-state index in [2.05, 4.69) is 0 Å². The van der Waals surface area contributed by atoms with E-state index in [4.69, 9.17) is 28.9 Å². The lowest BCUT2D eigenvalue weighted by atomic mass is 10.1. The molecule has 0 aromatic heterocycles. The molecule has 0 radical (unpaired) electrons. The fourth-order valence-corrected chi connectivity index (χ4v) is 2.39. The molecule has 0 spiro atoms. The number of aryl methyl sites for hydroxylation is 1. The Bertz CT molecular complexity index is 645. The van der Waals surface area contributed by atoms with Gasteiger partial charge in [-0.3, -0.25) is 4.79 Å². The third-order valence-electron chi connectivity index (χ3n) is 3.21. The van der Waals surface area contributed by atoms with Gasteiger partial charge in [-0.15, -0.1) is 0 Å². The number of halogens is 2. The predicted molar refractivity (Wildman–Crippen MR) is 89.4 cm³/mol. The number of carbonyl (C=O) groups is 1. The lowest BCUT2D eigenvalue weighted by Gasteiger charge is -2.21. The summed E-state index contributed by atoms with van der Waals surface area (Å²) in [6.07, 6.45) is 0. The van der Waals surface area contributed by atoms with Crippen molar-refractivity contribution >= 4 is 40.5 Å². The summed E-state index contributed by atoms with van der Waals surface area (Å²) in [6, 6.07) is 10.9. The van der Waals surface area contributed by atoms with Crippen LogP contribution < -0.4 is 10.6 Å². The van der Waals surface area contributed by atoms with Gasteiger partial charge in [0.2, 0.25) is 0 Å². The molecule has 3 nitrogen and oxygen atoms in total. The third kappa shape index (κ3) is 3.31. The highest BCUT2D eigenvalue weighted by molar-refractivity contribution is 6.44. The normalized spacial score (nSPS) is 10.5. The van der Waals surface area contributed by atoms with E-state index in [9.17, 15) is 4.79 Å². The Morgan fingerprint density at radius 3 is 2.33 bits per heavy atom. The van der Waals surface area contributed by atoms with Crippen molar-refractivity contribution < 1.29 is 4.79 Å². The lowest BCUT2D eigenvalue weighted by Crippen LogP contribution is -2.30. The molecular weight excluding hydrogens is 307 g/mol. The standard InChI is InChI=1S/C16H16Cl2N2O/c1-3-20(12-6-4-10(2)5-7-12)16(21)11-8-13(17)15(18)14(19)9-11/h4-9H,3,19H2,1-2H3. The monoisotopic (exact) mass is 322 g/mol. The van der Waals surface area contributed by atoms with Gasteiger partial charge in [-0.2, -0.15) is 0 Å². The van der Waals surface area contributed by atoms with Crippen LogP contribution in [0.1, 0.15) is 22.8 Å². The lowest BCUT2D eigenvalue weighted by molar-refractivity contribution is 0.0988. The molecule has 1 amide bonds. The first-order chi connectivity index (χ1) is 9.93. The van der Waals surface area contributed by atoms with Crippen molar-refractivity contribution in [2.75, 3.05) is 17.2 Å². The number of nitrogens with two attached hydrogens (primary N) is 1. The number of amides is 1. The molecule has 0 fully saturated rings. The molecule has 110 valence electrons. The molecule has 0 unspecified atom stereocenters. The largest absolute Gasteiger partial charge is 0.397 e. The quantitative estimate of drug-likeness (QED) is 0.842. The Kier molecular flexibility index (Phi) is 4.76. The van der Waals surface area contributed by atoms with E-state index in [1.807, 2.05) is 38.1 Å². The van der Waals surface area contributed by atoms with E-state index in [0.717, 1.165) is 11.3 Å². The molecule has 0 saturated heterocycles. The minimum atomic E-state index is -0.161. The molecule has 0 bridgehead atoms. The minimum Gasteiger partial charge on any atom is -0.397 e. The first kappa shape index (κ1) is 15.7. The van der Waals surface area contributed by atoms with Crippen LogP contribution in [0.4, 0.5) is 11.4 Å². The van der Waals surface area contributed by atoms with Gasteiger partial charge in [0.05, 0.1) is 15.7 Å². The Morgan fingerprint density at radius 2 is 1.81 bits per heavy atom. The SMILES string of the molecule is CCN(C(=O)c1cc(N)c(Cl)c(Cl)c1)c1ccc(C)cc1. The van der Waals surface area contributed by atoms with E-state index in [0.29, 0.717) is 17.8 Å². The molecule has 5 heteroatoms. The van der Waals surface area contributed by atoms with Gasteiger partial charge in [0, 0.05) is 17.8 Å². The maximum absolute atomic E-state index is 12.6. The van der Waals surface area contributed by atoms with Crippen LogP contribution in [0.15, 0.2) is 36.4 Å². The van der Waals surface area contributed by atoms with Crippen LogP contribution in [0.5, 0.6) is 0 Å². The van der Waals surface area contributed by atoms with Crippen LogP contribution in [-0.4, -0.2) is 12.5 Å². The Labute approximate surface area is 134 Å². The Balaban J connectivity index is 2.39. The first-order valence-corrected chi connectivity index (χ1v) is 7.32. The van der Waals surface area contributed by atoms with E-state index in [1.54, 1.807) is 17.0 Å². The molecule has 0 atom stereocenters. The molecule has 2 aromatic rings. The summed E-state index contributed by atoms with van der Waals surface area (Å²) in [5, 5.41) is 0.548. The van der Waals surface area contributed by atoms with Gasteiger partial charge in [-0.05, 0) is 38.1 Å². The number of carbonyl (C=O) groups excluding carboxylic acids is 1. The second kappa shape index (κ2) is 6.37. The van der Waals surface area contributed by atoms with Crippen molar-refractivity contribution in [1.82, 2.24) is 0 Å². The Hall–Kier alpha value is -1.71. The molecule has 0 aliphatic rings. The van der Waals surface area contributed by atoms with Crippen molar-refractivity contribution in [3.63, 3.8) is 0 Å². The highest BCUT2D eigenvalue weighted by atomic mass is 35.5. The fraction of sp³-hybridized carbons (Fsp3) is 0.188. The molecule has 0 saturated carbocycles. The van der Waals surface area contributed by atoms with Gasteiger partial charge in [0.15, 0.2) is 0 Å². The van der Waals surface area contributed by atoms with Crippen LogP contribution in [0.3, 0.4) is 0 Å². The van der Waals surface area contributed by atoms with Crippen molar-refractivity contribution in [2.45, 2.75) is 13.8 Å². The van der Waals surface area contributed by atoms with E-state index in [1.165, 1.54) is 0 Å². The zero-order chi connectivity index (χ0) is 15.6. The average molecular weight is 323 g/mol. The first-order valence-electron chi connectivity index (χ1n) is 6.57. The number of hydrogen-bond acceptors (Lipinski definition) is 2. The van der Waals surface area contributed by atoms with Gasteiger partial charge < -0.3 is 10.6 Å². The summed E-state index contributed by atoms with van der Waals surface area (Å²) in [5.41, 5.74) is 8.46. The molecule has 2 aromatic carbocycles. The number of benzene rings is 2. The van der Waals surface area contributed by atoms with Crippen LogP contribution in [0.25, 0.3) is 0 Å². The van der Waals surface area contributed by atoms with Crippen LogP contribution in [0.2, 0.25) is 10.0 Å². The molecule has 21 heavy (non-hydrogen) atoms. The summed E-state index contributed by atoms with van der Waals surface area (Å²) >= 11 is 11.9. The summed E-state index contributed by atoms with van der Waals surface area (Å²) in [5.74, 6) is -0.161. The second-order valence-electron chi connectivity index (χ2n) is 4.75. The topological polar surface area (TPSA) is 46.3 Å². The maximum Gasteiger partial charge on any atom is 0.258 e. The van der Waals surface area contributed by atoms with Gasteiger partial charge in [0.1, 0.15) is 0 Å². The predicted octanol–water partition coefficient (Wildman–Crippen LogP) is 4.55. The average Bonchev–Trinajstić information content (AvgIpc) is 2.46. The maximum atomic E-state index is 12.6. The second-order valence-corrected chi connectivity index (χ2v) is 5.53. The number of nitrogens with zero attached hydrogens (tertiary/aromatic N) is 1. The van der Waals surface area contributed by atoms with Gasteiger partial charge in [0.25, 0.3) is 5.91 Å². The van der Waals surface area contributed by atoms with E-state index in [-0.39, 0.29) is 16.0 Å². The smallest absolute Gasteiger partial charge is 0.258 e. The van der Waals surface area contributed by atoms with Crippen molar-refractivity contribution in [3.8, 4) is 0 Å². The molecule has 0 aliphatic carbocycles. The fourth-order valence-electron chi connectivity index (χ4n) is 2.06. The molecule has 2 rings (SSSR count). The van der Waals surface area contributed by atoms with E-state index >= 15 is 0 Å². The van der Waals surface area contributed by atoms with Gasteiger partial charge in [-0.25, -0.2) is 0 Å². The van der Waals surface area contributed by atoms with Crippen LogP contribution >= 0.6 is 23.2 Å². The number of hydrogen-bond donors (Lipinski definition) is 1. The van der Waals surface area contributed by atoms with Crippen molar-refractivity contribution in [2.24, 2.45) is 0 Å². The minimum absolute atomic E-state index is 0.161. The summed E-state index contributed by atoms with van der Waals surface area (Å²) < 4.78 is 0. The Morgan fingerprint density at radius 1 is 1.19 bits per heavy atom. The summed E-state index contributed by atoms with van der Waals surface area (Å²) in [6.45, 7) is 4.46. The third-order valence-corrected chi connectivity index (χ3v) is 4.03. The summed E-state index contributed by atoms with van der Waals surface area (Å²) in [7, 11) is 0. The highest BCUT2D eigenvalue weighted by Gasteiger charge is 2.18. The number of rotatable bonds is 3. The zero-order valence-corrected chi connectivity index (χ0v) is 13.4. The zero-order valence-electron chi connectivity index (χ0n) is 11.9. The van der Waals surface area contributed by atoms with Gasteiger partial charge >= 0.3 is 0 Å². The molecule has 2 N–H and O–H groups in total. The summed E-state index contributed by atoms with van der Waals surface area (Å²) in [4.78, 5) is 14.3. The van der Waals surface area contributed by atoms with Crippen molar-refractivity contribution in [3.05, 3.63) is 57.6 Å². The molecular formula is C16H16Cl2N2O. The van der Waals surface area contributed by atoms with Gasteiger partial charge in [-0.1, -0.05) is 40.9 Å². The van der Waals surface area contributed by atoms with Crippen molar-refractivity contribution in [1.29, 1.82) is 0 Å². The van der Waals surface area contributed by atoms with Crippen LogP contribution in [-0.2, 0) is 0 Å². The number of nitrogen functional groups attached to an aromatic ring is 1. The molecule has 0 heterocycles. The van der Waals surface area contributed by atoms with E-state index < -0.39 is 0 Å². The van der Waals surface area contributed by atoms with Crippen LogP contribution in [0, 0.1) is 6.92 Å². The molecule has 0 aliphatic heterocycles. The number of anilines is 2. The highest BCUT2D eigenvalue weighted by Crippen LogP contribution is 2.30.